The van der Waals surface area contributed by atoms with Crippen LogP contribution in [-0.4, -0.2) is 14.5 Å². The molecule has 0 radical (unpaired) electrons. The number of hydrogen-bond acceptors (Lipinski definition) is 3. The Morgan fingerprint density at radius 3 is 2.38 bits per heavy atom. The van der Waals surface area contributed by atoms with Crippen LogP contribution >= 0.6 is 0 Å². The van der Waals surface area contributed by atoms with Gasteiger partial charge in [-0.2, -0.15) is 8.42 Å². The molecule has 0 aromatic heterocycles. The highest BCUT2D eigenvalue weighted by Gasteiger charge is 2.59. The van der Waals surface area contributed by atoms with Crippen molar-refractivity contribution in [1.29, 1.82) is 0 Å². The highest BCUT2D eigenvalue weighted by Crippen LogP contribution is 2.67. The van der Waals surface area contributed by atoms with Crippen LogP contribution in [0.5, 0.6) is 0 Å². The van der Waals surface area contributed by atoms with Crippen molar-refractivity contribution >= 4 is 10.1 Å². The van der Waals surface area contributed by atoms with Crippen molar-refractivity contribution in [3.8, 4) is 0 Å². The zero-order valence-corrected chi connectivity index (χ0v) is 27.0. The Hall–Kier alpha value is -1.39. The molecule has 0 amide bonds. The first-order chi connectivity index (χ1) is 18.9. The van der Waals surface area contributed by atoms with Gasteiger partial charge in [-0.1, -0.05) is 83.0 Å². The van der Waals surface area contributed by atoms with Gasteiger partial charge in [0.25, 0.3) is 10.1 Å². The lowest BCUT2D eigenvalue weighted by Crippen LogP contribution is -2.51. The first-order valence-electron chi connectivity index (χ1n) is 16.3. The van der Waals surface area contributed by atoms with Gasteiger partial charge < -0.3 is 0 Å². The molecular weight excluding hydrogens is 512 g/mol. The molecule has 9 atom stereocenters. The van der Waals surface area contributed by atoms with E-state index in [0.717, 1.165) is 54.9 Å². The third-order valence-electron chi connectivity index (χ3n) is 12.3. The Morgan fingerprint density at radius 1 is 0.975 bits per heavy atom. The topological polar surface area (TPSA) is 43.4 Å². The summed E-state index contributed by atoms with van der Waals surface area (Å²) in [4.78, 5) is 0.268. The number of aryl methyl sites for hydroxylation is 1. The standard InChI is InChI=1S/C36H54O3S/c1-8-27(24(2)3)12-11-26(5)32-17-18-33-31-16-13-28-23-29(39-40(37,38)30-14-9-25(4)10-15-30)19-21-35(28,6)34(31)20-22-36(32,33)7/h9-15,24,26-27,29,31-34H,8,16-23H2,1-7H3/b12-11+/t26?,27?,29-,31?,32?,33?,34?,35-,36+/m0/s1. The van der Waals surface area contributed by atoms with E-state index in [1.807, 2.05) is 19.1 Å². The van der Waals surface area contributed by atoms with Gasteiger partial charge in [-0.05, 0) is 129 Å². The predicted octanol–water partition coefficient (Wildman–Crippen LogP) is 9.52. The Labute approximate surface area is 245 Å². The lowest BCUT2D eigenvalue weighted by atomic mass is 9.47. The third kappa shape index (κ3) is 5.41. The van der Waals surface area contributed by atoms with E-state index in [-0.39, 0.29) is 16.4 Å². The quantitative estimate of drug-likeness (QED) is 0.232. The van der Waals surface area contributed by atoms with Crippen LogP contribution < -0.4 is 0 Å². The Bertz CT molecular complexity index is 1210. The van der Waals surface area contributed by atoms with Gasteiger partial charge in [0.1, 0.15) is 0 Å². The summed E-state index contributed by atoms with van der Waals surface area (Å²) in [5.74, 6) is 5.13. The number of allylic oxidation sites excluding steroid dienone is 3. The van der Waals surface area contributed by atoms with E-state index < -0.39 is 10.1 Å². The molecule has 0 spiro atoms. The van der Waals surface area contributed by atoms with Gasteiger partial charge in [0, 0.05) is 0 Å². The number of rotatable bonds is 8. The van der Waals surface area contributed by atoms with Crippen LogP contribution in [-0.2, 0) is 14.3 Å². The van der Waals surface area contributed by atoms with Crippen molar-refractivity contribution in [2.75, 3.05) is 0 Å². The van der Waals surface area contributed by atoms with Gasteiger partial charge in [0.2, 0.25) is 0 Å². The molecule has 4 aliphatic rings. The average molecular weight is 567 g/mol. The highest BCUT2D eigenvalue weighted by molar-refractivity contribution is 7.86. The van der Waals surface area contributed by atoms with Gasteiger partial charge >= 0.3 is 0 Å². The molecule has 4 aliphatic carbocycles. The van der Waals surface area contributed by atoms with Gasteiger partial charge in [-0.15, -0.1) is 0 Å². The van der Waals surface area contributed by atoms with E-state index in [0.29, 0.717) is 23.2 Å². The Morgan fingerprint density at radius 2 is 1.70 bits per heavy atom. The van der Waals surface area contributed by atoms with Gasteiger partial charge in [-0.25, -0.2) is 0 Å². The second kappa shape index (κ2) is 11.4. The van der Waals surface area contributed by atoms with Gasteiger partial charge in [0.05, 0.1) is 11.0 Å². The molecule has 1 aromatic rings. The van der Waals surface area contributed by atoms with Crippen molar-refractivity contribution in [1.82, 2.24) is 0 Å². The van der Waals surface area contributed by atoms with E-state index in [1.54, 1.807) is 12.1 Å². The first kappa shape index (κ1) is 30.1. The van der Waals surface area contributed by atoms with Gasteiger partial charge in [-0.3, -0.25) is 4.18 Å². The molecule has 6 unspecified atom stereocenters. The summed E-state index contributed by atoms with van der Waals surface area (Å²) in [6.45, 7) is 16.6. The maximum atomic E-state index is 13.0. The maximum absolute atomic E-state index is 13.0. The molecule has 3 saturated carbocycles. The molecule has 3 fully saturated rings. The van der Waals surface area contributed by atoms with E-state index >= 15 is 0 Å². The Kier molecular flexibility index (Phi) is 8.54. The Balaban J connectivity index is 1.28. The number of benzene rings is 1. The molecule has 4 heteroatoms. The molecule has 222 valence electrons. The summed E-state index contributed by atoms with van der Waals surface area (Å²) >= 11 is 0. The highest BCUT2D eigenvalue weighted by atomic mass is 32.2. The van der Waals surface area contributed by atoms with Crippen LogP contribution in [0.25, 0.3) is 0 Å². The van der Waals surface area contributed by atoms with Crippen LogP contribution in [0, 0.1) is 59.2 Å². The van der Waals surface area contributed by atoms with Crippen molar-refractivity contribution in [3.05, 3.63) is 53.6 Å². The summed E-state index contributed by atoms with van der Waals surface area (Å²) in [5, 5.41) is 0. The minimum atomic E-state index is -3.74. The summed E-state index contributed by atoms with van der Waals surface area (Å²) in [7, 11) is -3.74. The number of hydrogen-bond donors (Lipinski definition) is 0. The fourth-order valence-electron chi connectivity index (χ4n) is 9.84. The summed E-state index contributed by atoms with van der Waals surface area (Å²) in [5.41, 5.74) is 3.15. The van der Waals surface area contributed by atoms with Crippen molar-refractivity contribution in [3.63, 3.8) is 0 Å². The summed E-state index contributed by atoms with van der Waals surface area (Å²) < 4.78 is 31.9. The summed E-state index contributed by atoms with van der Waals surface area (Å²) in [6.07, 6.45) is 17.8. The molecule has 40 heavy (non-hydrogen) atoms. The monoisotopic (exact) mass is 566 g/mol. The average Bonchev–Trinajstić information content (AvgIpc) is 3.26. The molecule has 5 rings (SSSR count). The molecule has 0 N–H and O–H groups in total. The van der Waals surface area contributed by atoms with Gasteiger partial charge in [0.15, 0.2) is 0 Å². The van der Waals surface area contributed by atoms with Crippen LogP contribution in [0.3, 0.4) is 0 Å². The van der Waals surface area contributed by atoms with Crippen molar-refractivity contribution in [2.45, 2.75) is 117 Å². The number of fused-ring (bicyclic) bond motifs is 5. The minimum absolute atomic E-state index is 0.187. The van der Waals surface area contributed by atoms with Crippen molar-refractivity contribution < 1.29 is 12.6 Å². The van der Waals surface area contributed by atoms with Crippen LogP contribution in [0.4, 0.5) is 0 Å². The lowest BCUT2D eigenvalue weighted by Gasteiger charge is -2.58. The minimum Gasteiger partial charge on any atom is -0.263 e. The maximum Gasteiger partial charge on any atom is 0.297 e. The molecule has 0 heterocycles. The lowest BCUT2D eigenvalue weighted by molar-refractivity contribution is -0.0523. The molecule has 0 saturated heterocycles. The molecule has 0 bridgehead atoms. The smallest absolute Gasteiger partial charge is 0.263 e. The van der Waals surface area contributed by atoms with Crippen LogP contribution in [0.15, 0.2) is 53.0 Å². The zero-order valence-electron chi connectivity index (χ0n) is 26.2. The molecule has 1 aromatic carbocycles. The second-order valence-electron chi connectivity index (χ2n) is 14.8. The molecule has 0 aliphatic heterocycles. The predicted molar refractivity (Wildman–Crippen MR) is 165 cm³/mol. The van der Waals surface area contributed by atoms with Crippen LogP contribution in [0.1, 0.15) is 105 Å². The van der Waals surface area contributed by atoms with Crippen molar-refractivity contribution in [2.24, 2.45) is 52.3 Å². The molecular formula is C36H54O3S. The zero-order chi connectivity index (χ0) is 28.9. The SMILES string of the molecule is CCC(/C=C/C(C)C1CCC2C3CC=C4C[C@@H](OS(=O)(=O)c5ccc(C)cc5)CC[C@]4(C)C3CC[C@]12C)C(C)C. The van der Waals surface area contributed by atoms with E-state index in [9.17, 15) is 8.42 Å². The van der Waals surface area contributed by atoms with E-state index in [4.69, 9.17) is 4.18 Å². The van der Waals surface area contributed by atoms with E-state index in [2.05, 4.69) is 59.8 Å². The second-order valence-corrected chi connectivity index (χ2v) is 16.3. The normalized spacial score (nSPS) is 37.5. The van der Waals surface area contributed by atoms with Crippen LogP contribution in [0.2, 0.25) is 0 Å². The fraction of sp³-hybridized carbons (Fsp3) is 0.722. The fourth-order valence-corrected chi connectivity index (χ4v) is 10.9. The molecule has 3 nitrogen and oxygen atoms in total. The first-order valence-corrected chi connectivity index (χ1v) is 17.7. The van der Waals surface area contributed by atoms with E-state index in [1.165, 1.54) is 37.7 Å². The summed E-state index contributed by atoms with van der Waals surface area (Å²) in [6, 6.07) is 7.01. The third-order valence-corrected chi connectivity index (χ3v) is 13.7. The largest absolute Gasteiger partial charge is 0.297 e.